The summed E-state index contributed by atoms with van der Waals surface area (Å²) in [5, 5.41) is 3.81. The van der Waals surface area contributed by atoms with Crippen molar-refractivity contribution in [2.45, 2.75) is 13.0 Å². The van der Waals surface area contributed by atoms with Gasteiger partial charge in [0, 0.05) is 0 Å². The van der Waals surface area contributed by atoms with Crippen LogP contribution in [0.4, 0.5) is 0 Å². The van der Waals surface area contributed by atoms with Gasteiger partial charge in [-0.2, -0.15) is 0 Å². The number of hydrogen-bond acceptors (Lipinski definition) is 6. The normalized spacial score (nSPS) is 12.4. The molecule has 0 aliphatic heterocycles. The highest BCUT2D eigenvalue weighted by molar-refractivity contribution is 7.05. The quantitative estimate of drug-likeness (QED) is 0.621. The lowest BCUT2D eigenvalue weighted by Gasteiger charge is -2.14. The summed E-state index contributed by atoms with van der Waals surface area (Å²) in [6.07, 6.45) is 1.71. The first kappa shape index (κ1) is 12.0. The molecule has 1 aromatic heterocycles. The van der Waals surface area contributed by atoms with E-state index in [1.165, 1.54) is 11.5 Å². The molecule has 0 saturated heterocycles. The molecule has 0 aliphatic rings. The summed E-state index contributed by atoms with van der Waals surface area (Å²) in [7, 11) is 0. The molecular weight excluding hydrogens is 236 g/mol. The Bertz CT molecular complexity index is 443. The van der Waals surface area contributed by atoms with Gasteiger partial charge in [-0.1, -0.05) is 16.6 Å². The fraction of sp³-hybridized carbons (Fsp3) is 0.273. The van der Waals surface area contributed by atoms with E-state index in [0.29, 0.717) is 6.61 Å². The number of hydrogen-bond donors (Lipinski definition) is 2. The van der Waals surface area contributed by atoms with E-state index in [9.17, 15) is 0 Å². The molecule has 1 atom stereocenters. The maximum atomic E-state index is 5.56. The van der Waals surface area contributed by atoms with Crippen LogP contribution in [0.3, 0.4) is 0 Å². The molecule has 3 N–H and O–H groups in total. The maximum absolute atomic E-state index is 5.56. The lowest BCUT2D eigenvalue weighted by atomic mass is 10.1. The minimum absolute atomic E-state index is 0.0781. The number of nitrogens with one attached hydrogen (secondary N) is 1. The van der Waals surface area contributed by atoms with Crippen molar-refractivity contribution in [1.29, 1.82) is 0 Å². The summed E-state index contributed by atoms with van der Waals surface area (Å²) in [4.78, 5) is 0.983. The molecule has 0 saturated carbocycles. The van der Waals surface area contributed by atoms with Crippen LogP contribution in [0.15, 0.2) is 30.5 Å². The lowest BCUT2D eigenvalue weighted by molar-refractivity contribution is 0.340. The van der Waals surface area contributed by atoms with E-state index >= 15 is 0 Å². The van der Waals surface area contributed by atoms with Gasteiger partial charge in [-0.05, 0) is 36.2 Å². The molecule has 2 rings (SSSR count). The monoisotopic (exact) mass is 250 g/mol. The van der Waals surface area contributed by atoms with Crippen LogP contribution in [-0.4, -0.2) is 16.2 Å². The van der Waals surface area contributed by atoms with Gasteiger partial charge in [0.1, 0.15) is 5.75 Å². The molecule has 0 radical (unpaired) electrons. The highest BCUT2D eigenvalue weighted by atomic mass is 32.1. The van der Waals surface area contributed by atoms with E-state index in [4.69, 9.17) is 10.6 Å². The van der Waals surface area contributed by atoms with Crippen molar-refractivity contribution in [1.82, 2.24) is 15.0 Å². The van der Waals surface area contributed by atoms with Crippen LogP contribution in [0.5, 0.6) is 5.75 Å². The zero-order chi connectivity index (χ0) is 12.1. The van der Waals surface area contributed by atoms with E-state index in [-0.39, 0.29) is 6.04 Å². The molecule has 0 aliphatic carbocycles. The van der Waals surface area contributed by atoms with Gasteiger partial charge in [0.15, 0.2) is 0 Å². The van der Waals surface area contributed by atoms with Crippen molar-refractivity contribution in [3.05, 3.63) is 40.9 Å². The molecule has 1 heterocycles. The maximum Gasteiger partial charge on any atom is 0.119 e. The highest BCUT2D eigenvalue weighted by Gasteiger charge is 2.14. The minimum Gasteiger partial charge on any atom is -0.494 e. The molecule has 6 heteroatoms. The molecule has 0 bridgehead atoms. The molecule has 17 heavy (non-hydrogen) atoms. The van der Waals surface area contributed by atoms with E-state index < -0.39 is 0 Å². The summed E-state index contributed by atoms with van der Waals surface area (Å²) in [6.45, 7) is 2.62. The highest BCUT2D eigenvalue weighted by Crippen LogP contribution is 2.24. The van der Waals surface area contributed by atoms with Crippen LogP contribution in [-0.2, 0) is 0 Å². The molecule has 90 valence electrons. The molecule has 0 spiro atoms. The van der Waals surface area contributed by atoms with Crippen molar-refractivity contribution >= 4 is 11.5 Å². The number of aromatic nitrogens is 2. The standard InChI is InChI=1S/C11H14N4OS/c1-2-16-9-5-3-8(4-6-9)11(14-12)10-7-13-15-17-10/h3-7,11,14H,2,12H2,1H3. The zero-order valence-corrected chi connectivity index (χ0v) is 10.3. The van der Waals surface area contributed by atoms with Crippen molar-refractivity contribution in [2.75, 3.05) is 6.61 Å². The number of hydrazine groups is 1. The van der Waals surface area contributed by atoms with Crippen LogP contribution in [0, 0.1) is 0 Å². The molecule has 0 fully saturated rings. The van der Waals surface area contributed by atoms with Gasteiger partial charge < -0.3 is 4.74 Å². The van der Waals surface area contributed by atoms with Crippen LogP contribution in [0.2, 0.25) is 0 Å². The second kappa shape index (κ2) is 5.72. The zero-order valence-electron chi connectivity index (χ0n) is 9.46. The summed E-state index contributed by atoms with van der Waals surface area (Å²) < 4.78 is 9.23. The molecule has 5 nitrogen and oxygen atoms in total. The summed E-state index contributed by atoms with van der Waals surface area (Å²) in [5.74, 6) is 6.42. The largest absolute Gasteiger partial charge is 0.494 e. The average Bonchev–Trinajstić information content (AvgIpc) is 2.86. The van der Waals surface area contributed by atoms with Crippen molar-refractivity contribution in [3.63, 3.8) is 0 Å². The van der Waals surface area contributed by atoms with Gasteiger partial charge in [0.2, 0.25) is 0 Å². The Morgan fingerprint density at radius 1 is 1.41 bits per heavy atom. The second-order valence-corrected chi connectivity index (χ2v) is 4.24. The molecule has 0 amide bonds. The number of rotatable bonds is 5. The van der Waals surface area contributed by atoms with Crippen LogP contribution in [0.1, 0.15) is 23.4 Å². The van der Waals surface area contributed by atoms with E-state index in [1.807, 2.05) is 31.2 Å². The Morgan fingerprint density at radius 2 is 2.18 bits per heavy atom. The Morgan fingerprint density at radius 3 is 2.71 bits per heavy atom. The Kier molecular flexibility index (Phi) is 4.03. The third kappa shape index (κ3) is 2.79. The van der Waals surface area contributed by atoms with Gasteiger partial charge in [-0.15, -0.1) is 5.10 Å². The van der Waals surface area contributed by atoms with Gasteiger partial charge in [0.25, 0.3) is 0 Å². The predicted molar refractivity (Wildman–Crippen MR) is 66.7 cm³/mol. The van der Waals surface area contributed by atoms with Crippen molar-refractivity contribution in [2.24, 2.45) is 5.84 Å². The number of ether oxygens (including phenoxy) is 1. The second-order valence-electron chi connectivity index (χ2n) is 3.42. The minimum atomic E-state index is -0.0781. The fourth-order valence-electron chi connectivity index (χ4n) is 1.57. The van der Waals surface area contributed by atoms with Crippen LogP contribution in [0.25, 0.3) is 0 Å². The molecule has 1 aromatic carbocycles. The van der Waals surface area contributed by atoms with Gasteiger partial charge in [0.05, 0.1) is 23.7 Å². The predicted octanol–water partition coefficient (Wildman–Crippen LogP) is 1.49. The SMILES string of the molecule is CCOc1ccc(C(NN)c2cnns2)cc1. The molecule has 1 unspecified atom stereocenters. The number of nitrogens with two attached hydrogens (primary N) is 1. The molecular formula is C11H14N4OS. The first-order valence-corrected chi connectivity index (χ1v) is 6.08. The smallest absolute Gasteiger partial charge is 0.119 e. The third-order valence-electron chi connectivity index (χ3n) is 2.35. The summed E-state index contributed by atoms with van der Waals surface area (Å²) >= 11 is 1.33. The van der Waals surface area contributed by atoms with Gasteiger partial charge >= 0.3 is 0 Å². The van der Waals surface area contributed by atoms with Crippen LogP contribution >= 0.6 is 11.5 Å². The Hall–Kier alpha value is -1.50. The average molecular weight is 250 g/mol. The van der Waals surface area contributed by atoms with Gasteiger partial charge in [-0.25, -0.2) is 5.43 Å². The van der Waals surface area contributed by atoms with Crippen LogP contribution < -0.4 is 16.0 Å². The van der Waals surface area contributed by atoms with Crippen molar-refractivity contribution in [3.8, 4) is 5.75 Å². The van der Waals surface area contributed by atoms with E-state index in [0.717, 1.165) is 16.2 Å². The fourth-order valence-corrected chi connectivity index (χ4v) is 2.16. The number of benzene rings is 1. The summed E-state index contributed by atoms with van der Waals surface area (Å²) in [6, 6.07) is 7.74. The Balaban J connectivity index is 2.20. The summed E-state index contributed by atoms with van der Waals surface area (Å²) in [5.41, 5.74) is 3.82. The van der Waals surface area contributed by atoms with E-state index in [2.05, 4.69) is 15.0 Å². The van der Waals surface area contributed by atoms with Crippen molar-refractivity contribution < 1.29 is 4.74 Å². The first-order valence-electron chi connectivity index (χ1n) is 5.31. The topological polar surface area (TPSA) is 73.1 Å². The van der Waals surface area contributed by atoms with E-state index in [1.54, 1.807) is 6.20 Å². The number of nitrogens with zero attached hydrogens (tertiary/aromatic N) is 2. The van der Waals surface area contributed by atoms with Gasteiger partial charge in [-0.3, -0.25) is 5.84 Å². The Labute approximate surface area is 104 Å². The lowest BCUT2D eigenvalue weighted by Crippen LogP contribution is -2.28. The third-order valence-corrected chi connectivity index (χ3v) is 3.08. The first-order chi connectivity index (χ1) is 8.35. The molecule has 2 aromatic rings.